The van der Waals surface area contributed by atoms with E-state index >= 15 is 0 Å². The molecule has 1 aliphatic carbocycles. The van der Waals surface area contributed by atoms with Crippen LogP contribution in [-0.2, 0) is 14.3 Å². The van der Waals surface area contributed by atoms with E-state index < -0.39 is 0 Å². The number of para-hydroxylation sites is 1. The Bertz CT molecular complexity index is 652. The Hall–Kier alpha value is -2.35. The maximum atomic E-state index is 11.8. The second-order valence-corrected chi connectivity index (χ2v) is 6.75. The number of rotatable bonds is 5. The molecule has 0 aromatic heterocycles. The van der Waals surface area contributed by atoms with Crippen LogP contribution in [0.25, 0.3) is 0 Å². The fraction of sp³-hybridized carbons (Fsp3) is 0.611. The number of ether oxygens (including phenoxy) is 2. The zero-order chi connectivity index (χ0) is 18.5. The number of morpholine rings is 1. The Kier molecular flexibility index (Phi) is 5.92. The van der Waals surface area contributed by atoms with Crippen LogP contribution in [0.5, 0.6) is 0 Å². The lowest BCUT2D eigenvalue weighted by Gasteiger charge is -2.30. The lowest BCUT2D eigenvalue weighted by Crippen LogP contribution is -2.36. The SMILES string of the molecule is COC(=O)C1CCC(Nc2cccc(N3CCOCC3)c2[N+](=O)[O-])CC1. The van der Waals surface area contributed by atoms with E-state index in [1.807, 2.05) is 11.0 Å². The van der Waals surface area contributed by atoms with Crippen molar-refractivity contribution in [1.82, 2.24) is 0 Å². The van der Waals surface area contributed by atoms with Gasteiger partial charge in [-0.25, -0.2) is 0 Å². The first-order valence-corrected chi connectivity index (χ1v) is 9.04. The molecule has 142 valence electrons. The van der Waals surface area contributed by atoms with Gasteiger partial charge in [-0.3, -0.25) is 14.9 Å². The summed E-state index contributed by atoms with van der Waals surface area (Å²) >= 11 is 0. The van der Waals surface area contributed by atoms with E-state index in [1.54, 1.807) is 12.1 Å². The van der Waals surface area contributed by atoms with Crippen molar-refractivity contribution < 1.29 is 19.2 Å². The standard InChI is InChI=1S/C18H25N3O5/c1-25-18(22)13-5-7-14(8-6-13)19-15-3-2-4-16(17(15)21(23)24)20-9-11-26-12-10-20/h2-4,13-14,19H,5-12H2,1H3. The molecule has 8 heteroatoms. The van der Waals surface area contributed by atoms with Gasteiger partial charge in [0.1, 0.15) is 11.4 Å². The van der Waals surface area contributed by atoms with E-state index in [0.29, 0.717) is 37.7 Å². The van der Waals surface area contributed by atoms with Crippen molar-refractivity contribution in [2.45, 2.75) is 31.7 Å². The number of carbonyl (C=O) groups is 1. The predicted molar refractivity (Wildman–Crippen MR) is 97.5 cm³/mol. The Morgan fingerprint density at radius 2 is 1.96 bits per heavy atom. The average molecular weight is 363 g/mol. The zero-order valence-electron chi connectivity index (χ0n) is 15.0. The summed E-state index contributed by atoms with van der Waals surface area (Å²) in [4.78, 5) is 25.1. The van der Waals surface area contributed by atoms with Gasteiger partial charge in [-0.05, 0) is 37.8 Å². The molecule has 0 radical (unpaired) electrons. The predicted octanol–water partition coefficient (Wildman–Crippen LogP) is 2.58. The van der Waals surface area contributed by atoms with Gasteiger partial charge in [0.2, 0.25) is 0 Å². The minimum atomic E-state index is -0.312. The van der Waals surface area contributed by atoms with Gasteiger partial charge in [0.05, 0.1) is 31.2 Å². The molecule has 0 bridgehead atoms. The smallest absolute Gasteiger partial charge is 0.315 e. The molecule has 8 nitrogen and oxygen atoms in total. The molecule has 1 aromatic rings. The van der Waals surface area contributed by atoms with Crippen molar-refractivity contribution in [1.29, 1.82) is 0 Å². The van der Waals surface area contributed by atoms with E-state index in [2.05, 4.69) is 5.32 Å². The molecule has 2 aliphatic rings. The number of methoxy groups -OCH3 is 1. The van der Waals surface area contributed by atoms with Crippen molar-refractivity contribution in [2.75, 3.05) is 43.6 Å². The minimum Gasteiger partial charge on any atom is -0.469 e. The maximum absolute atomic E-state index is 11.8. The number of anilines is 2. The van der Waals surface area contributed by atoms with Gasteiger partial charge >= 0.3 is 11.7 Å². The van der Waals surface area contributed by atoms with Gasteiger partial charge in [0, 0.05) is 19.1 Å². The van der Waals surface area contributed by atoms with E-state index in [9.17, 15) is 14.9 Å². The molecule has 3 rings (SSSR count). The quantitative estimate of drug-likeness (QED) is 0.488. The Balaban J connectivity index is 1.74. The van der Waals surface area contributed by atoms with Crippen LogP contribution in [-0.4, -0.2) is 50.3 Å². The summed E-state index contributed by atoms with van der Waals surface area (Å²) in [5.41, 5.74) is 1.29. The highest BCUT2D eigenvalue weighted by Crippen LogP contribution is 2.37. The molecule has 1 saturated carbocycles. The van der Waals surface area contributed by atoms with Crippen LogP contribution in [0.4, 0.5) is 17.1 Å². The number of esters is 1. The van der Waals surface area contributed by atoms with E-state index in [-0.39, 0.29) is 28.5 Å². The number of carbonyl (C=O) groups excluding carboxylic acids is 1. The third kappa shape index (κ3) is 4.07. The summed E-state index contributed by atoms with van der Waals surface area (Å²) in [5.74, 6) is -0.225. The van der Waals surface area contributed by atoms with Crippen LogP contribution < -0.4 is 10.2 Å². The van der Waals surface area contributed by atoms with Gasteiger partial charge in [0.25, 0.3) is 0 Å². The minimum absolute atomic E-state index is 0.0623. The number of nitrogens with zero attached hydrogens (tertiary/aromatic N) is 2. The van der Waals surface area contributed by atoms with Crippen LogP contribution in [0.2, 0.25) is 0 Å². The largest absolute Gasteiger partial charge is 0.469 e. The van der Waals surface area contributed by atoms with Crippen LogP contribution >= 0.6 is 0 Å². The summed E-state index contributed by atoms with van der Waals surface area (Å²) in [6.45, 7) is 2.45. The topological polar surface area (TPSA) is 93.9 Å². The first-order valence-electron chi connectivity index (χ1n) is 9.04. The van der Waals surface area contributed by atoms with Crippen molar-refractivity contribution in [3.63, 3.8) is 0 Å². The summed E-state index contributed by atoms with van der Waals surface area (Å²) < 4.78 is 10.2. The average Bonchev–Trinajstić information content (AvgIpc) is 2.68. The Morgan fingerprint density at radius 1 is 1.27 bits per heavy atom. The van der Waals surface area contributed by atoms with E-state index in [1.165, 1.54) is 7.11 Å². The molecule has 0 amide bonds. The summed E-state index contributed by atoms with van der Waals surface area (Å²) in [6.07, 6.45) is 3.06. The van der Waals surface area contributed by atoms with Gasteiger partial charge in [0.15, 0.2) is 0 Å². The fourth-order valence-electron chi connectivity index (χ4n) is 3.76. The lowest BCUT2D eigenvalue weighted by molar-refractivity contribution is -0.383. The fourth-order valence-corrected chi connectivity index (χ4v) is 3.76. The third-order valence-corrected chi connectivity index (χ3v) is 5.17. The van der Waals surface area contributed by atoms with Gasteiger partial charge < -0.3 is 19.7 Å². The molecule has 1 aliphatic heterocycles. The van der Waals surface area contributed by atoms with Crippen LogP contribution in [0.15, 0.2) is 18.2 Å². The number of benzene rings is 1. The van der Waals surface area contributed by atoms with E-state index in [4.69, 9.17) is 9.47 Å². The van der Waals surface area contributed by atoms with Gasteiger partial charge in [-0.15, -0.1) is 0 Å². The number of nitro benzene ring substituents is 1. The number of hydrogen-bond donors (Lipinski definition) is 1. The first-order chi connectivity index (χ1) is 12.6. The van der Waals surface area contributed by atoms with Crippen molar-refractivity contribution in [2.24, 2.45) is 5.92 Å². The first kappa shape index (κ1) is 18.4. The number of hydrogen-bond acceptors (Lipinski definition) is 7. The van der Waals surface area contributed by atoms with Crippen molar-refractivity contribution >= 4 is 23.0 Å². The summed E-state index contributed by atoms with van der Waals surface area (Å²) in [5, 5.41) is 15.1. The monoisotopic (exact) mass is 363 g/mol. The van der Waals surface area contributed by atoms with Crippen LogP contribution in [0, 0.1) is 16.0 Å². The van der Waals surface area contributed by atoms with E-state index in [0.717, 1.165) is 25.7 Å². The Morgan fingerprint density at radius 3 is 2.58 bits per heavy atom. The highest BCUT2D eigenvalue weighted by Gasteiger charge is 2.30. The molecule has 2 fully saturated rings. The Labute approximate surface area is 152 Å². The molecule has 26 heavy (non-hydrogen) atoms. The molecular formula is C18H25N3O5. The maximum Gasteiger partial charge on any atom is 0.315 e. The zero-order valence-corrected chi connectivity index (χ0v) is 15.0. The molecule has 0 atom stereocenters. The second kappa shape index (κ2) is 8.35. The number of nitro groups is 1. The lowest BCUT2D eigenvalue weighted by atomic mass is 9.86. The third-order valence-electron chi connectivity index (χ3n) is 5.17. The molecule has 1 N–H and O–H groups in total. The number of nitrogens with one attached hydrogen (secondary N) is 1. The van der Waals surface area contributed by atoms with Crippen molar-refractivity contribution in [3.05, 3.63) is 28.3 Å². The molecular weight excluding hydrogens is 338 g/mol. The molecule has 0 unspecified atom stereocenters. The molecule has 1 saturated heterocycles. The van der Waals surface area contributed by atoms with Gasteiger partial charge in [-0.2, -0.15) is 0 Å². The summed E-state index contributed by atoms with van der Waals surface area (Å²) in [7, 11) is 1.41. The van der Waals surface area contributed by atoms with Crippen LogP contribution in [0.3, 0.4) is 0 Å². The molecule has 1 aromatic carbocycles. The normalized spacial score (nSPS) is 23.3. The second-order valence-electron chi connectivity index (χ2n) is 6.75. The summed E-state index contributed by atoms with van der Waals surface area (Å²) in [6, 6.07) is 5.52. The van der Waals surface area contributed by atoms with Crippen molar-refractivity contribution in [3.8, 4) is 0 Å². The highest BCUT2D eigenvalue weighted by molar-refractivity contribution is 5.77. The van der Waals surface area contributed by atoms with Crippen LogP contribution in [0.1, 0.15) is 25.7 Å². The molecule has 0 spiro atoms. The highest BCUT2D eigenvalue weighted by atomic mass is 16.6. The molecule has 1 heterocycles. The van der Waals surface area contributed by atoms with Gasteiger partial charge in [-0.1, -0.05) is 6.07 Å².